The van der Waals surface area contributed by atoms with Crippen LogP contribution in [0.4, 0.5) is 5.69 Å². The van der Waals surface area contributed by atoms with E-state index in [1.807, 2.05) is 0 Å². The number of rotatable bonds is 3. The molecule has 1 aromatic carbocycles. The van der Waals surface area contributed by atoms with E-state index in [1.54, 1.807) is 13.0 Å². The van der Waals surface area contributed by atoms with Gasteiger partial charge in [0.1, 0.15) is 0 Å². The Bertz CT molecular complexity index is 627. The molecule has 1 aromatic rings. The van der Waals surface area contributed by atoms with Gasteiger partial charge >= 0.3 is 0 Å². The second kappa shape index (κ2) is 6.69. The Morgan fingerprint density at radius 1 is 1.33 bits per heavy atom. The molecule has 2 rings (SSSR count). The van der Waals surface area contributed by atoms with Gasteiger partial charge in [-0.2, -0.15) is 4.31 Å². The van der Waals surface area contributed by atoms with Crippen LogP contribution in [0.3, 0.4) is 0 Å². The minimum Gasteiger partial charge on any atom is -0.328 e. The van der Waals surface area contributed by atoms with Gasteiger partial charge in [-0.25, -0.2) is 8.42 Å². The summed E-state index contributed by atoms with van der Waals surface area (Å²) in [5.41, 5.74) is 5.77. The first-order valence-electron chi connectivity index (χ1n) is 6.34. The Labute approximate surface area is 129 Å². The number of nitrogens with zero attached hydrogens (tertiary/aromatic N) is 2. The smallest absolute Gasteiger partial charge is 0.289 e. The van der Waals surface area contributed by atoms with Crippen LogP contribution in [0.15, 0.2) is 23.1 Å². The molecule has 9 heteroatoms. The van der Waals surface area contributed by atoms with Gasteiger partial charge in [-0.1, -0.05) is 12.1 Å². The molecule has 2 N–H and O–H groups in total. The predicted octanol–water partition coefficient (Wildman–Crippen LogP) is 1.44. The van der Waals surface area contributed by atoms with Crippen molar-refractivity contribution in [1.82, 2.24) is 4.31 Å². The number of aryl methyl sites for hydroxylation is 1. The third-order valence-electron chi connectivity index (χ3n) is 3.48. The highest BCUT2D eigenvalue weighted by Crippen LogP contribution is 2.30. The van der Waals surface area contributed by atoms with Gasteiger partial charge in [0.05, 0.1) is 4.92 Å². The molecule has 0 atom stereocenters. The summed E-state index contributed by atoms with van der Waals surface area (Å²) in [4.78, 5) is 10.2. The van der Waals surface area contributed by atoms with Gasteiger partial charge in [0.25, 0.3) is 5.69 Å². The third kappa shape index (κ3) is 3.52. The fourth-order valence-electron chi connectivity index (χ4n) is 2.36. The molecule has 1 aliphatic rings. The fourth-order valence-corrected chi connectivity index (χ4v) is 4.19. The number of nitro groups is 1. The quantitative estimate of drug-likeness (QED) is 0.664. The van der Waals surface area contributed by atoms with Gasteiger partial charge in [-0.15, -0.1) is 12.4 Å². The topological polar surface area (TPSA) is 107 Å². The van der Waals surface area contributed by atoms with Crippen LogP contribution in [0.25, 0.3) is 0 Å². The SMILES string of the molecule is Cc1cccc([N+](=O)[O-])c1S(=O)(=O)N1CCC(N)CC1.Cl. The van der Waals surface area contributed by atoms with Crippen molar-refractivity contribution in [3.8, 4) is 0 Å². The number of hydrogen-bond acceptors (Lipinski definition) is 5. The average molecular weight is 336 g/mol. The van der Waals surface area contributed by atoms with Crippen LogP contribution < -0.4 is 5.73 Å². The van der Waals surface area contributed by atoms with Gasteiger partial charge in [0.15, 0.2) is 4.90 Å². The molecule has 0 radical (unpaired) electrons. The lowest BCUT2D eigenvalue weighted by Gasteiger charge is -2.29. The van der Waals surface area contributed by atoms with Crippen LogP contribution in [0.1, 0.15) is 18.4 Å². The Morgan fingerprint density at radius 2 is 1.90 bits per heavy atom. The zero-order valence-corrected chi connectivity index (χ0v) is 13.2. The Morgan fingerprint density at radius 3 is 2.43 bits per heavy atom. The molecule has 0 bridgehead atoms. The van der Waals surface area contributed by atoms with E-state index < -0.39 is 14.9 Å². The maximum absolute atomic E-state index is 12.6. The summed E-state index contributed by atoms with van der Waals surface area (Å²) < 4.78 is 26.5. The number of sulfonamides is 1. The summed E-state index contributed by atoms with van der Waals surface area (Å²) in [6, 6.07) is 4.26. The molecular weight excluding hydrogens is 318 g/mol. The van der Waals surface area contributed by atoms with Crippen molar-refractivity contribution in [3.05, 3.63) is 33.9 Å². The molecule has 0 aromatic heterocycles. The molecule has 7 nitrogen and oxygen atoms in total. The zero-order chi connectivity index (χ0) is 14.9. The van der Waals surface area contributed by atoms with Crippen molar-refractivity contribution in [2.75, 3.05) is 13.1 Å². The van der Waals surface area contributed by atoms with Crippen LogP contribution in [0, 0.1) is 17.0 Å². The van der Waals surface area contributed by atoms with E-state index in [0.717, 1.165) is 0 Å². The first-order chi connectivity index (χ1) is 9.34. The van der Waals surface area contributed by atoms with Crippen molar-refractivity contribution in [1.29, 1.82) is 0 Å². The average Bonchev–Trinajstić information content (AvgIpc) is 2.38. The minimum atomic E-state index is -3.86. The predicted molar refractivity (Wildman–Crippen MR) is 81.0 cm³/mol. The van der Waals surface area contributed by atoms with E-state index in [-0.39, 0.29) is 29.0 Å². The molecule has 0 amide bonds. The lowest BCUT2D eigenvalue weighted by atomic mass is 10.1. The first kappa shape index (κ1) is 17.8. The highest BCUT2D eigenvalue weighted by atomic mass is 35.5. The van der Waals surface area contributed by atoms with E-state index in [1.165, 1.54) is 16.4 Å². The monoisotopic (exact) mass is 335 g/mol. The fraction of sp³-hybridized carbons (Fsp3) is 0.500. The zero-order valence-electron chi connectivity index (χ0n) is 11.6. The van der Waals surface area contributed by atoms with Crippen molar-refractivity contribution in [3.63, 3.8) is 0 Å². The lowest BCUT2D eigenvalue weighted by Crippen LogP contribution is -2.43. The molecule has 0 aliphatic carbocycles. The van der Waals surface area contributed by atoms with Crippen molar-refractivity contribution in [2.45, 2.75) is 30.7 Å². The van der Waals surface area contributed by atoms with Crippen molar-refractivity contribution < 1.29 is 13.3 Å². The standard InChI is InChI=1S/C12H17N3O4S.ClH/c1-9-3-2-4-11(15(16)17)12(9)20(18,19)14-7-5-10(13)6-8-14;/h2-4,10H,5-8,13H2,1H3;1H. The van der Waals surface area contributed by atoms with Crippen LogP contribution in [-0.2, 0) is 10.0 Å². The van der Waals surface area contributed by atoms with Gasteiger partial charge < -0.3 is 5.73 Å². The summed E-state index contributed by atoms with van der Waals surface area (Å²) in [6.45, 7) is 2.17. The van der Waals surface area contributed by atoms with Crippen LogP contribution >= 0.6 is 12.4 Å². The molecule has 0 saturated carbocycles. The summed E-state index contributed by atoms with van der Waals surface area (Å²) >= 11 is 0. The van der Waals surface area contributed by atoms with Crippen molar-refractivity contribution in [2.24, 2.45) is 5.73 Å². The number of halogens is 1. The number of piperidine rings is 1. The summed E-state index contributed by atoms with van der Waals surface area (Å²) in [5, 5.41) is 11.1. The van der Waals surface area contributed by atoms with E-state index in [2.05, 4.69) is 0 Å². The molecular formula is C12H18ClN3O4S. The van der Waals surface area contributed by atoms with Gasteiger partial charge in [-0.3, -0.25) is 10.1 Å². The minimum absolute atomic E-state index is 0. The molecule has 1 fully saturated rings. The maximum Gasteiger partial charge on any atom is 0.289 e. The van der Waals surface area contributed by atoms with Gasteiger partial charge in [0.2, 0.25) is 10.0 Å². The van der Waals surface area contributed by atoms with E-state index in [9.17, 15) is 18.5 Å². The van der Waals surface area contributed by atoms with E-state index >= 15 is 0 Å². The summed E-state index contributed by atoms with van der Waals surface area (Å²) in [5.74, 6) is 0. The Balaban J connectivity index is 0.00000220. The summed E-state index contributed by atoms with van der Waals surface area (Å²) in [6.07, 6.45) is 1.14. The Hall–Kier alpha value is -1.22. The number of nitrogens with two attached hydrogens (primary N) is 1. The van der Waals surface area contributed by atoms with Gasteiger partial charge in [0, 0.05) is 25.2 Å². The molecule has 1 aliphatic heterocycles. The molecule has 1 heterocycles. The maximum atomic E-state index is 12.6. The highest BCUT2D eigenvalue weighted by Gasteiger charge is 2.34. The number of hydrogen-bond donors (Lipinski definition) is 1. The van der Waals surface area contributed by atoms with E-state index in [4.69, 9.17) is 5.73 Å². The summed E-state index contributed by atoms with van der Waals surface area (Å²) in [7, 11) is -3.86. The van der Waals surface area contributed by atoms with Crippen LogP contribution in [0.5, 0.6) is 0 Å². The first-order valence-corrected chi connectivity index (χ1v) is 7.78. The van der Waals surface area contributed by atoms with Crippen LogP contribution in [0.2, 0.25) is 0 Å². The molecule has 1 saturated heterocycles. The van der Waals surface area contributed by atoms with E-state index in [0.29, 0.717) is 31.5 Å². The largest absolute Gasteiger partial charge is 0.328 e. The Kier molecular flexibility index (Phi) is 5.68. The van der Waals surface area contributed by atoms with Gasteiger partial charge in [-0.05, 0) is 25.3 Å². The number of nitro benzene ring substituents is 1. The second-order valence-corrected chi connectivity index (χ2v) is 6.80. The molecule has 0 unspecified atom stereocenters. The lowest BCUT2D eigenvalue weighted by molar-refractivity contribution is -0.387. The molecule has 118 valence electrons. The highest BCUT2D eigenvalue weighted by molar-refractivity contribution is 7.89. The van der Waals surface area contributed by atoms with Crippen LogP contribution in [-0.4, -0.2) is 36.8 Å². The number of benzene rings is 1. The molecule has 0 spiro atoms. The van der Waals surface area contributed by atoms with Crippen molar-refractivity contribution >= 4 is 28.1 Å². The normalized spacial score (nSPS) is 17.2. The third-order valence-corrected chi connectivity index (χ3v) is 5.58. The molecule has 21 heavy (non-hydrogen) atoms. The second-order valence-electron chi connectivity index (χ2n) is 4.92.